The van der Waals surface area contributed by atoms with Crippen LogP contribution in [0.5, 0.6) is 0 Å². The van der Waals surface area contributed by atoms with Crippen LogP contribution in [0.4, 0.5) is 10.8 Å². The topological polar surface area (TPSA) is 93.4 Å². The maximum absolute atomic E-state index is 13.0. The van der Waals surface area contributed by atoms with E-state index in [4.69, 9.17) is 4.98 Å². The third-order valence-corrected chi connectivity index (χ3v) is 8.99. The lowest BCUT2D eigenvalue weighted by Crippen LogP contribution is -2.39. The molecular weight excluding hydrogens is 446 g/mol. The molecule has 0 radical (unpaired) electrons. The summed E-state index contributed by atoms with van der Waals surface area (Å²) in [5.74, 6) is 0. The lowest BCUT2D eigenvalue weighted by atomic mass is 10.1. The molecule has 1 saturated heterocycles. The monoisotopic (exact) mass is 471 g/mol. The maximum Gasteiger partial charge on any atom is 0.269 e. The molecule has 3 aromatic rings. The van der Waals surface area contributed by atoms with Gasteiger partial charge in [0.1, 0.15) is 0 Å². The number of benzene rings is 2. The number of piperidine rings is 1. The molecule has 0 unspecified atom stereocenters. The Kier molecular flexibility index (Phi) is 6.57. The average molecular weight is 472 g/mol. The van der Waals surface area contributed by atoms with Crippen LogP contribution in [0, 0.1) is 10.1 Å². The summed E-state index contributed by atoms with van der Waals surface area (Å²) >= 11 is 1.58. The van der Waals surface area contributed by atoms with Gasteiger partial charge in [0, 0.05) is 36.2 Å². The molecule has 0 atom stereocenters. The molecule has 9 heteroatoms. The largest absolute Gasteiger partial charge is 0.348 e. The second-order valence-electron chi connectivity index (χ2n) is 7.94. The van der Waals surface area contributed by atoms with Crippen LogP contribution in [0.25, 0.3) is 11.3 Å². The number of hydrogen-bond donors (Lipinski definition) is 0. The lowest BCUT2D eigenvalue weighted by Gasteiger charge is -2.31. The van der Waals surface area contributed by atoms with Crippen molar-refractivity contribution < 1.29 is 13.3 Å². The molecule has 1 aromatic heterocycles. The smallest absolute Gasteiger partial charge is 0.269 e. The van der Waals surface area contributed by atoms with Gasteiger partial charge in [0.2, 0.25) is 0 Å². The van der Waals surface area contributed by atoms with Gasteiger partial charge in [-0.05, 0) is 37.0 Å². The van der Waals surface area contributed by atoms with E-state index in [1.54, 1.807) is 11.3 Å². The van der Waals surface area contributed by atoms with Gasteiger partial charge in [-0.25, -0.2) is 13.4 Å². The maximum atomic E-state index is 13.0. The Morgan fingerprint density at radius 3 is 2.34 bits per heavy atom. The van der Waals surface area contributed by atoms with Crippen LogP contribution < -0.4 is 4.90 Å². The van der Waals surface area contributed by atoms with E-state index < -0.39 is 20.0 Å². The van der Waals surface area contributed by atoms with Crippen molar-refractivity contribution in [3.05, 3.63) is 69.6 Å². The van der Waals surface area contributed by atoms with Crippen LogP contribution >= 0.6 is 11.3 Å². The van der Waals surface area contributed by atoms with E-state index in [2.05, 4.69) is 36.1 Å². The summed E-state index contributed by atoms with van der Waals surface area (Å²) in [7, 11) is -3.52. The van der Waals surface area contributed by atoms with Crippen molar-refractivity contribution in [1.82, 2.24) is 4.98 Å². The fraction of sp³-hybridized carbons (Fsp3) is 0.348. The van der Waals surface area contributed by atoms with Crippen molar-refractivity contribution in [3.8, 4) is 11.3 Å². The van der Waals surface area contributed by atoms with Crippen molar-refractivity contribution in [1.29, 1.82) is 0 Å². The van der Waals surface area contributed by atoms with E-state index in [1.807, 2.05) is 5.38 Å². The Balaban J connectivity index is 1.41. The van der Waals surface area contributed by atoms with Gasteiger partial charge in [0.05, 0.1) is 20.8 Å². The van der Waals surface area contributed by atoms with E-state index in [0.29, 0.717) is 25.9 Å². The van der Waals surface area contributed by atoms with Gasteiger partial charge in [0.15, 0.2) is 15.0 Å². The number of thiazole rings is 1. The summed E-state index contributed by atoms with van der Waals surface area (Å²) < 4.78 is 25.9. The number of hydrogen-bond acceptors (Lipinski definition) is 7. The van der Waals surface area contributed by atoms with Crippen molar-refractivity contribution in [2.45, 2.75) is 42.8 Å². The van der Waals surface area contributed by atoms with E-state index in [0.717, 1.165) is 29.2 Å². The number of nitrogens with zero attached hydrogens (tertiary/aromatic N) is 3. The molecule has 0 amide bonds. The van der Waals surface area contributed by atoms with Crippen LogP contribution in [-0.4, -0.2) is 36.7 Å². The Morgan fingerprint density at radius 2 is 1.75 bits per heavy atom. The molecule has 2 aromatic carbocycles. The molecule has 0 aliphatic carbocycles. The first-order chi connectivity index (χ1) is 15.4. The molecule has 7 nitrogen and oxygen atoms in total. The molecule has 1 fully saturated rings. The van der Waals surface area contributed by atoms with Gasteiger partial charge in [0.25, 0.3) is 5.69 Å². The van der Waals surface area contributed by atoms with Crippen molar-refractivity contribution >= 4 is 32.0 Å². The van der Waals surface area contributed by atoms with Gasteiger partial charge in [-0.15, -0.1) is 11.3 Å². The minimum absolute atomic E-state index is 0.113. The molecule has 32 heavy (non-hydrogen) atoms. The van der Waals surface area contributed by atoms with Crippen LogP contribution in [0.15, 0.2) is 58.8 Å². The molecule has 1 aliphatic heterocycles. The highest BCUT2D eigenvalue weighted by molar-refractivity contribution is 7.92. The minimum Gasteiger partial charge on any atom is -0.348 e. The highest BCUT2D eigenvalue weighted by atomic mass is 32.2. The van der Waals surface area contributed by atoms with Gasteiger partial charge < -0.3 is 4.90 Å². The van der Waals surface area contributed by atoms with Crippen LogP contribution in [-0.2, 0) is 16.3 Å². The molecule has 0 saturated carbocycles. The molecule has 0 spiro atoms. The Hall–Kier alpha value is -2.78. The number of sulfone groups is 1. The van der Waals surface area contributed by atoms with Crippen molar-refractivity contribution in [2.24, 2.45) is 0 Å². The van der Waals surface area contributed by atoms with Crippen molar-refractivity contribution in [3.63, 3.8) is 0 Å². The molecule has 0 bridgehead atoms. The number of rotatable bonds is 7. The third kappa shape index (κ3) is 4.68. The number of aromatic nitrogens is 1. The Labute approximate surface area is 191 Å². The third-order valence-electron chi connectivity index (χ3n) is 5.81. The number of non-ortho nitro benzene ring substituents is 1. The van der Waals surface area contributed by atoms with E-state index in [-0.39, 0.29) is 10.6 Å². The number of nitro groups is 1. The van der Waals surface area contributed by atoms with Gasteiger partial charge >= 0.3 is 0 Å². The zero-order valence-electron chi connectivity index (χ0n) is 17.8. The quantitative estimate of drug-likeness (QED) is 0.351. The van der Waals surface area contributed by atoms with Gasteiger partial charge in [-0.1, -0.05) is 37.6 Å². The molecule has 2 heterocycles. The minimum atomic E-state index is -3.52. The molecule has 1 aliphatic rings. The second-order valence-corrected chi connectivity index (χ2v) is 11.0. The van der Waals surface area contributed by atoms with Crippen molar-refractivity contribution in [2.75, 3.05) is 18.0 Å². The van der Waals surface area contributed by atoms with Gasteiger partial charge in [-0.2, -0.15) is 0 Å². The van der Waals surface area contributed by atoms with Gasteiger partial charge in [-0.3, -0.25) is 10.1 Å². The summed E-state index contributed by atoms with van der Waals surface area (Å²) in [6, 6.07) is 13.7. The highest BCUT2D eigenvalue weighted by Crippen LogP contribution is 2.32. The average Bonchev–Trinajstić information content (AvgIpc) is 3.30. The SMILES string of the molecule is CCCc1ccc(-c2csc(N3CCC(S(=O)(=O)c4ccc([N+](=O)[O-])cc4)CC3)n2)cc1. The Morgan fingerprint density at radius 1 is 1.09 bits per heavy atom. The first-order valence-electron chi connectivity index (χ1n) is 10.7. The molecular formula is C23H25N3O4S2. The number of anilines is 1. The lowest BCUT2D eigenvalue weighted by molar-refractivity contribution is -0.384. The first kappa shape index (κ1) is 22.4. The predicted molar refractivity (Wildman–Crippen MR) is 127 cm³/mol. The summed E-state index contributed by atoms with van der Waals surface area (Å²) in [6.07, 6.45) is 3.19. The fourth-order valence-corrected chi connectivity index (χ4v) is 6.60. The molecule has 168 valence electrons. The standard InChI is InChI=1S/C23H25N3O4S2/c1-2-3-17-4-6-18(7-5-17)22-16-31-23(24-22)25-14-12-21(13-15-25)32(29,30)20-10-8-19(9-11-20)26(27)28/h4-11,16,21H,2-3,12-15H2,1H3. The zero-order chi connectivity index (χ0) is 22.7. The van der Waals surface area contributed by atoms with E-state index >= 15 is 0 Å². The fourth-order valence-electron chi connectivity index (χ4n) is 3.98. The Bertz CT molecular complexity index is 1180. The number of aryl methyl sites for hydroxylation is 1. The van der Waals surface area contributed by atoms with E-state index in [1.165, 1.54) is 29.8 Å². The van der Waals surface area contributed by atoms with Crippen LogP contribution in [0.2, 0.25) is 0 Å². The molecule has 4 rings (SSSR count). The summed E-state index contributed by atoms with van der Waals surface area (Å²) in [4.78, 5) is 17.3. The summed E-state index contributed by atoms with van der Waals surface area (Å²) in [5, 5.41) is 13.3. The number of nitro benzene ring substituents is 1. The van der Waals surface area contributed by atoms with Crippen LogP contribution in [0.3, 0.4) is 0 Å². The van der Waals surface area contributed by atoms with Crippen LogP contribution in [0.1, 0.15) is 31.7 Å². The molecule has 0 N–H and O–H groups in total. The summed E-state index contributed by atoms with van der Waals surface area (Å²) in [6.45, 7) is 3.39. The predicted octanol–water partition coefficient (Wildman–Crippen LogP) is 5.11. The second kappa shape index (κ2) is 9.38. The first-order valence-corrected chi connectivity index (χ1v) is 13.1. The summed E-state index contributed by atoms with van der Waals surface area (Å²) in [5.41, 5.74) is 3.23. The zero-order valence-corrected chi connectivity index (χ0v) is 19.4. The van der Waals surface area contributed by atoms with E-state index in [9.17, 15) is 18.5 Å². The normalized spacial score (nSPS) is 15.1. The highest BCUT2D eigenvalue weighted by Gasteiger charge is 2.32.